The molecule has 1 aromatic carbocycles. The van der Waals surface area contributed by atoms with Crippen LogP contribution in [0.3, 0.4) is 0 Å². The standard InChI is InChI=1S/C11H14N2O5S2/c1-19(14,15)4-5-20(16,17)7-11-13-9-6-8(12)2-3-10(9)18-11/h2-3,6H,4-5,7,12H2,1H3. The van der Waals surface area contributed by atoms with Crippen LogP contribution in [0, 0.1) is 0 Å². The largest absolute Gasteiger partial charge is 0.440 e. The van der Waals surface area contributed by atoms with Gasteiger partial charge in [-0.05, 0) is 18.2 Å². The monoisotopic (exact) mass is 318 g/mol. The number of hydrogen-bond donors (Lipinski definition) is 1. The predicted octanol–water partition coefficient (Wildman–Crippen LogP) is 0.369. The second-order valence-corrected chi connectivity index (χ2v) is 9.00. The number of anilines is 1. The van der Waals surface area contributed by atoms with Crippen LogP contribution in [0.5, 0.6) is 0 Å². The Hall–Kier alpha value is -1.61. The van der Waals surface area contributed by atoms with Crippen molar-refractivity contribution in [1.82, 2.24) is 4.98 Å². The van der Waals surface area contributed by atoms with E-state index < -0.39 is 36.9 Å². The number of hydrogen-bond acceptors (Lipinski definition) is 7. The van der Waals surface area contributed by atoms with Crippen molar-refractivity contribution in [3.05, 3.63) is 24.1 Å². The Balaban J connectivity index is 2.19. The number of nitrogen functional groups attached to an aromatic ring is 1. The molecule has 1 aromatic heterocycles. The molecule has 2 N–H and O–H groups in total. The van der Waals surface area contributed by atoms with Crippen LogP contribution >= 0.6 is 0 Å². The molecule has 0 atom stereocenters. The van der Waals surface area contributed by atoms with E-state index in [-0.39, 0.29) is 5.89 Å². The van der Waals surface area contributed by atoms with Crippen LogP contribution in [-0.4, -0.2) is 39.6 Å². The van der Waals surface area contributed by atoms with Gasteiger partial charge in [-0.15, -0.1) is 0 Å². The Bertz CT molecular complexity index is 837. The van der Waals surface area contributed by atoms with E-state index in [1.54, 1.807) is 18.2 Å². The van der Waals surface area contributed by atoms with Crippen molar-refractivity contribution >= 4 is 36.5 Å². The molecule has 0 spiro atoms. The van der Waals surface area contributed by atoms with E-state index in [0.717, 1.165) is 6.26 Å². The second-order valence-electron chi connectivity index (χ2n) is 4.56. The van der Waals surface area contributed by atoms with Gasteiger partial charge >= 0.3 is 0 Å². The zero-order valence-corrected chi connectivity index (χ0v) is 12.4. The summed E-state index contributed by atoms with van der Waals surface area (Å²) in [6, 6.07) is 4.80. The SMILES string of the molecule is CS(=O)(=O)CCS(=O)(=O)Cc1nc2cc(N)ccc2o1. The number of aromatic nitrogens is 1. The summed E-state index contributed by atoms with van der Waals surface area (Å²) in [5.74, 6) is -1.27. The van der Waals surface area contributed by atoms with Crippen molar-refractivity contribution in [2.45, 2.75) is 5.75 Å². The van der Waals surface area contributed by atoms with Crippen molar-refractivity contribution in [3.8, 4) is 0 Å². The number of nitrogens with two attached hydrogens (primary N) is 1. The van der Waals surface area contributed by atoms with Crippen molar-refractivity contribution < 1.29 is 21.3 Å². The van der Waals surface area contributed by atoms with E-state index in [1.165, 1.54) is 0 Å². The second kappa shape index (κ2) is 5.06. The van der Waals surface area contributed by atoms with Gasteiger partial charge in [-0.2, -0.15) is 0 Å². The first-order valence-corrected chi connectivity index (χ1v) is 9.56. The van der Waals surface area contributed by atoms with Gasteiger partial charge in [0, 0.05) is 11.9 Å². The highest BCUT2D eigenvalue weighted by molar-refractivity contribution is 7.94. The number of nitrogens with zero attached hydrogens (tertiary/aromatic N) is 1. The molecule has 2 rings (SSSR count). The molecule has 0 saturated carbocycles. The number of benzene rings is 1. The zero-order chi connectivity index (χ0) is 15.0. The fourth-order valence-electron chi connectivity index (χ4n) is 1.59. The molecule has 9 heteroatoms. The molecule has 0 unspecified atom stereocenters. The van der Waals surface area contributed by atoms with Gasteiger partial charge in [-0.3, -0.25) is 0 Å². The third-order valence-corrected chi connectivity index (χ3v) is 5.28. The van der Waals surface area contributed by atoms with E-state index in [9.17, 15) is 16.8 Å². The summed E-state index contributed by atoms with van der Waals surface area (Å²) in [6.45, 7) is 0. The predicted molar refractivity (Wildman–Crippen MR) is 75.6 cm³/mol. The van der Waals surface area contributed by atoms with Crippen molar-refractivity contribution in [2.75, 3.05) is 23.5 Å². The quantitative estimate of drug-likeness (QED) is 0.790. The van der Waals surface area contributed by atoms with E-state index in [4.69, 9.17) is 10.2 Å². The summed E-state index contributed by atoms with van der Waals surface area (Å²) < 4.78 is 50.9. The van der Waals surface area contributed by atoms with E-state index in [1.807, 2.05) is 0 Å². The first-order chi connectivity index (χ1) is 9.15. The summed E-state index contributed by atoms with van der Waals surface area (Å²) >= 11 is 0. The van der Waals surface area contributed by atoms with Gasteiger partial charge in [0.2, 0.25) is 5.89 Å². The molecular formula is C11H14N2O5S2. The summed E-state index contributed by atoms with van der Waals surface area (Å²) in [4.78, 5) is 4.03. The molecule has 0 aliphatic carbocycles. The maximum absolute atomic E-state index is 11.8. The molecule has 0 saturated heterocycles. The molecule has 0 bridgehead atoms. The van der Waals surface area contributed by atoms with Crippen LogP contribution < -0.4 is 5.73 Å². The van der Waals surface area contributed by atoms with Gasteiger partial charge in [0.1, 0.15) is 21.1 Å². The first-order valence-electron chi connectivity index (χ1n) is 5.68. The molecule has 0 radical (unpaired) electrons. The highest BCUT2D eigenvalue weighted by atomic mass is 32.2. The number of sulfone groups is 2. The highest BCUT2D eigenvalue weighted by Crippen LogP contribution is 2.19. The van der Waals surface area contributed by atoms with Gasteiger partial charge in [-0.1, -0.05) is 0 Å². The lowest BCUT2D eigenvalue weighted by Gasteiger charge is -2.00. The lowest BCUT2D eigenvalue weighted by atomic mass is 10.3. The minimum atomic E-state index is -3.59. The van der Waals surface area contributed by atoms with E-state index >= 15 is 0 Å². The van der Waals surface area contributed by atoms with Crippen molar-refractivity contribution in [2.24, 2.45) is 0 Å². The van der Waals surface area contributed by atoms with E-state index in [0.29, 0.717) is 16.8 Å². The Kier molecular flexibility index (Phi) is 3.74. The third kappa shape index (κ3) is 3.94. The number of fused-ring (bicyclic) bond motifs is 1. The van der Waals surface area contributed by atoms with Gasteiger partial charge in [0.25, 0.3) is 0 Å². The Labute approximate surface area is 116 Å². The number of rotatable bonds is 5. The maximum Gasteiger partial charge on any atom is 0.210 e. The topological polar surface area (TPSA) is 120 Å². The maximum atomic E-state index is 11.8. The Morgan fingerprint density at radius 1 is 1.20 bits per heavy atom. The smallest absolute Gasteiger partial charge is 0.210 e. The molecular weight excluding hydrogens is 304 g/mol. The zero-order valence-electron chi connectivity index (χ0n) is 10.7. The molecule has 7 nitrogen and oxygen atoms in total. The fourth-order valence-corrected chi connectivity index (χ4v) is 4.46. The summed E-state index contributed by atoms with van der Waals surface area (Å²) in [7, 11) is -6.92. The summed E-state index contributed by atoms with van der Waals surface area (Å²) in [5, 5.41) is 0. The molecule has 1 heterocycles. The Morgan fingerprint density at radius 3 is 2.55 bits per heavy atom. The molecule has 0 fully saturated rings. The van der Waals surface area contributed by atoms with Gasteiger partial charge in [0.15, 0.2) is 15.4 Å². The van der Waals surface area contributed by atoms with E-state index in [2.05, 4.69) is 4.98 Å². The molecule has 20 heavy (non-hydrogen) atoms. The van der Waals surface area contributed by atoms with Crippen LogP contribution in [-0.2, 0) is 25.4 Å². The normalized spacial score (nSPS) is 12.8. The highest BCUT2D eigenvalue weighted by Gasteiger charge is 2.19. The summed E-state index contributed by atoms with van der Waals surface area (Å²) in [5.41, 5.74) is 6.99. The van der Waals surface area contributed by atoms with Crippen LogP contribution in [0.2, 0.25) is 0 Å². The fraction of sp³-hybridized carbons (Fsp3) is 0.364. The van der Waals surface area contributed by atoms with Gasteiger partial charge < -0.3 is 10.2 Å². The average molecular weight is 318 g/mol. The lowest BCUT2D eigenvalue weighted by molar-refractivity contribution is 0.540. The third-order valence-electron chi connectivity index (χ3n) is 2.56. The molecule has 0 aliphatic heterocycles. The van der Waals surface area contributed by atoms with Gasteiger partial charge in [-0.25, -0.2) is 21.8 Å². The summed E-state index contributed by atoms with van der Waals surface area (Å²) in [6.07, 6.45) is 0.991. The van der Waals surface area contributed by atoms with Crippen LogP contribution in [0.25, 0.3) is 11.1 Å². The lowest BCUT2D eigenvalue weighted by Crippen LogP contribution is -2.17. The molecule has 110 valence electrons. The molecule has 2 aromatic rings. The first kappa shape index (κ1) is 14.8. The van der Waals surface area contributed by atoms with Gasteiger partial charge in [0.05, 0.1) is 11.5 Å². The molecule has 0 amide bonds. The van der Waals surface area contributed by atoms with Crippen LogP contribution in [0.15, 0.2) is 22.6 Å². The van der Waals surface area contributed by atoms with Crippen LogP contribution in [0.1, 0.15) is 5.89 Å². The minimum Gasteiger partial charge on any atom is -0.440 e. The Morgan fingerprint density at radius 2 is 1.90 bits per heavy atom. The van der Waals surface area contributed by atoms with Crippen LogP contribution in [0.4, 0.5) is 5.69 Å². The number of oxazole rings is 1. The van der Waals surface area contributed by atoms with Crippen molar-refractivity contribution in [3.63, 3.8) is 0 Å². The average Bonchev–Trinajstić information content (AvgIpc) is 2.66. The minimum absolute atomic E-state index is 0.0269. The van der Waals surface area contributed by atoms with Crippen molar-refractivity contribution in [1.29, 1.82) is 0 Å². The molecule has 0 aliphatic rings.